The Labute approximate surface area is 133 Å². The van der Waals surface area contributed by atoms with Gasteiger partial charge in [-0.05, 0) is 43.9 Å². The lowest BCUT2D eigenvalue weighted by Crippen LogP contribution is -2.43. The monoisotopic (exact) mass is 312 g/mol. The summed E-state index contributed by atoms with van der Waals surface area (Å²) in [7, 11) is -1.56. The van der Waals surface area contributed by atoms with E-state index in [0.29, 0.717) is 5.04 Å². The van der Waals surface area contributed by atoms with Gasteiger partial charge < -0.3 is 8.85 Å². The molecule has 0 aromatic carbocycles. The van der Waals surface area contributed by atoms with Gasteiger partial charge in [0.05, 0.1) is 0 Å². The summed E-state index contributed by atoms with van der Waals surface area (Å²) >= 11 is 0. The van der Waals surface area contributed by atoms with Gasteiger partial charge in [-0.1, -0.05) is 52.9 Å². The maximum absolute atomic E-state index is 6.39. The summed E-state index contributed by atoms with van der Waals surface area (Å²) in [6.07, 6.45) is 13.5. The van der Waals surface area contributed by atoms with Crippen LogP contribution in [0.2, 0.25) is 5.04 Å². The summed E-state index contributed by atoms with van der Waals surface area (Å²) in [5.74, 6) is 1.79. The average molecular weight is 313 g/mol. The van der Waals surface area contributed by atoms with Crippen molar-refractivity contribution in [2.45, 2.75) is 90.0 Å². The van der Waals surface area contributed by atoms with Crippen molar-refractivity contribution in [1.82, 2.24) is 0 Å². The third-order valence-corrected chi connectivity index (χ3v) is 8.76. The molecule has 0 saturated heterocycles. The Hall–Kier alpha value is 0.137. The van der Waals surface area contributed by atoms with E-state index in [4.69, 9.17) is 8.85 Å². The van der Waals surface area contributed by atoms with Gasteiger partial charge in [-0.3, -0.25) is 0 Å². The molecule has 2 rings (SSSR count). The van der Waals surface area contributed by atoms with Crippen molar-refractivity contribution >= 4 is 9.28 Å². The van der Waals surface area contributed by atoms with Gasteiger partial charge in [-0.2, -0.15) is 0 Å². The third kappa shape index (κ3) is 4.32. The molecule has 0 amide bonds. The molecule has 2 fully saturated rings. The van der Waals surface area contributed by atoms with Crippen LogP contribution in [0.15, 0.2) is 0 Å². The van der Waals surface area contributed by atoms with Crippen molar-refractivity contribution in [3.05, 3.63) is 0 Å². The van der Waals surface area contributed by atoms with Crippen LogP contribution >= 0.6 is 0 Å². The summed E-state index contributed by atoms with van der Waals surface area (Å²) in [6.45, 7) is 8.70. The molecule has 0 radical (unpaired) electrons. The molecule has 21 heavy (non-hydrogen) atoms. The molecule has 0 aliphatic heterocycles. The minimum absolute atomic E-state index is 0.457. The largest absolute Gasteiger partial charge is 0.396 e. The first-order chi connectivity index (χ1) is 10.2. The number of hydrogen-bond donors (Lipinski definition) is 0. The first kappa shape index (κ1) is 17.5. The van der Waals surface area contributed by atoms with Gasteiger partial charge in [0.2, 0.25) is 0 Å². The van der Waals surface area contributed by atoms with Gasteiger partial charge in [0.25, 0.3) is 0 Å². The second-order valence-electron chi connectivity index (χ2n) is 7.48. The summed E-state index contributed by atoms with van der Waals surface area (Å²) in [4.78, 5) is 0. The average Bonchev–Trinajstić information content (AvgIpc) is 2.98. The maximum atomic E-state index is 6.39. The van der Waals surface area contributed by atoms with E-state index in [1.54, 1.807) is 0 Å². The highest BCUT2D eigenvalue weighted by molar-refractivity contribution is 6.49. The third-order valence-electron chi connectivity index (χ3n) is 5.70. The van der Waals surface area contributed by atoms with Gasteiger partial charge in [-0.15, -0.1) is 0 Å². The quantitative estimate of drug-likeness (QED) is 0.573. The second kappa shape index (κ2) is 8.69. The van der Waals surface area contributed by atoms with Crippen LogP contribution in [0, 0.1) is 11.8 Å². The van der Waals surface area contributed by atoms with Crippen LogP contribution in [-0.4, -0.2) is 22.5 Å². The lowest BCUT2D eigenvalue weighted by molar-refractivity contribution is 0.126. The van der Waals surface area contributed by atoms with Gasteiger partial charge in [0.15, 0.2) is 0 Å². The van der Waals surface area contributed by atoms with Crippen molar-refractivity contribution < 1.29 is 8.85 Å². The van der Waals surface area contributed by atoms with Gasteiger partial charge >= 0.3 is 9.28 Å². The highest BCUT2D eigenvalue weighted by Crippen LogP contribution is 2.58. The molecule has 2 saturated carbocycles. The zero-order valence-electron chi connectivity index (χ0n) is 14.5. The van der Waals surface area contributed by atoms with E-state index >= 15 is 0 Å². The summed E-state index contributed by atoms with van der Waals surface area (Å²) in [5.41, 5.74) is 0. The van der Waals surface area contributed by atoms with Crippen LogP contribution in [0.4, 0.5) is 0 Å². The van der Waals surface area contributed by atoms with Crippen LogP contribution in [-0.2, 0) is 8.85 Å². The van der Waals surface area contributed by atoms with Crippen molar-refractivity contribution in [3.63, 3.8) is 0 Å². The molecule has 2 aliphatic rings. The number of hydrogen-bond acceptors (Lipinski definition) is 2. The van der Waals surface area contributed by atoms with E-state index in [9.17, 15) is 0 Å². The van der Waals surface area contributed by atoms with Crippen molar-refractivity contribution in [2.75, 3.05) is 13.2 Å². The first-order valence-corrected chi connectivity index (χ1v) is 11.0. The zero-order valence-corrected chi connectivity index (χ0v) is 15.7. The molecule has 2 atom stereocenters. The van der Waals surface area contributed by atoms with Crippen molar-refractivity contribution in [1.29, 1.82) is 0 Å². The highest BCUT2D eigenvalue weighted by Gasteiger charge is 2.51. The van der Waals surface area contributed by atoms with Crippen LogP contribution < -0.4 is 0 Å². The predicted octanol–water partition coefficient (Wildman–Crippen LogP) is 5.20. The Morgan fingerprint density at radius 1 is 0.952 bits per heavy atom. The van der Waals surface area contributed by atoms with Gasteiger partial charge in [0.1, 0.15) is 0 Å². The van der Waals surface area contributed by atoms with Gasteiger partial charge in [0, 0.05) is 18.3 Å². The Morgan fingerprint density at radius 2 is 1.57 bits per heavy atom. The minimum Gasteiger partial charge on any atom is -0.396 e. The van der Waals surface area contributed by atoms with Gasteiger partial charge in [-0.25, -0.2) is 0 Å². The molecule has 0 aromatic rings. The Kier molecular flexibility index (Phi) is 7.23. The fourth-order valence-corrected chi connectivity index (χ4v) is 7.88. The smallest absolute Gasteiger partial charge is 0.328 e. The maximum Gasteiger partial charge on any atom is 0.328 e. The zero-order chi connectivity index (χ0) is 15.1. The molecule has 0 spiro atoms. The molecule has 2 nitrogen and oxygen atoms in total. The number of rotatable bonds is 8. The SMILES string of the molecule is CCCO[SiH](OCCC)C1(C2CCCC(C)C2)CCCC1. The Balaban J connectivity index is 2.11. The van der Waals surface area contributed by atoms with Crippen LogP contribution in [0.3, 0.4) is 0 Å². The molecule has 0 heterocycles. The lowest BCUT2D eigenvalue weighted by atomic mass is 9.74. The second-order valence-corrected chi connectivity index (χ2v) is 9.96. The standard InChI is InChI=1S/C18H36O2Si/c1-4-13-19-21(20-14-5-2)18(11-6-7-12-18)17-10-8-9-16(3)15-17/h16-17,21H,4-15H2,1-3H3. The topological polar surface area (TPSA) is 18.5 Å². The van der Waals surface area contributed by atoms with Crippen LogP contribution in [0.25, 0.3) is 0 Å². The molecule has 0 aromatic heterocycles. The van der Waals surface area contributed by atoms with E-state index in [1.807, 2.05) is 0 Å². The normalized spacial score (nSPS) is 29.1. The Bertz CT molecular complexity index is 281. The first-order valence-electron chi connectivity index (χ1n) is 9.46. The minimum atomic E-state index is -1.56. The highest BCUT2D eigenvalue weighted by atomic mass is 28.3. The molecule has 0 N–H and O–H groups in total. The van der Waals surface area contributed by atoms with Crippen LogP contribution in [0.5, 0.6) is 0 Å². The molecule has 2 aliphatic carbocycles. The summed E-state index contributed by atoms with van der Waals surface area (Å²) in [6, 6.07) is 0. The van der Waals surface area contributed by atoms with E-state index in [-0.39, 0.29) is 0 Å². The lowest BCUT2D eigenvalue weighted by Gasteiger charge is -2.44. The van der Waals surface area contributed by atoms with E-state index in [2.05, 4.69) is 20.8 Å². The van der Waals surface area contributed by atoms with Crippen molar-refractivity contribution in [3.8, 4) is 0 Å². The molecular weight excluding hydrogens is 276 g/mol. The molecule has 2 unspecified atom stereocenters. The Morgan fingerprint density at radius 3 is 2.10 bits per heavy atom. The van der Waals surface area contributed by atoms with E-state index in [0.717, 1.165) is 37.9 Å². The fourth-order valence-electron chi connectivity index (χ4n) is 4.66. The summed E-state index contributed by atoms with van der Waals surface area (Å²) in [5, 5.41) is 0.457. The molecule has 124 valence electrons. The van der Waals surface area contributed by atoms with Crippen molar-refractivity contribution in [2.24, 2.45) is 11.8 Å². The molecule has 3 heteroatoms. The molecular formula is C18H36O2Si. The predicted molar refractivity (Wildman–Crippen MR) is 91.9 cm³/mol. The summed E-state index contributed by atoms with van der Waals surface area (Å²) < 4.78 is 12.8. The molecule has 0 bridgehead atoms. The van der Waals surface area contributed by atoms with E-state index < -0.39 is 9.28 Å². The van der Waals surface area contributed by atoms with E-state index in [1.165, 1.54) is 51.4 Å². The van der Waals surface area contributed by atoms with Crippen LogP contribution in [0.1, 0.15) is 85.0 Å². The fraction of sp³-hybridized carbons (Fsp3) is 1.00.